The van der Waals surface area contributed by atoms with E-state index in [-0.39, 0.29) is 10.3 Å². The van der Waals surface area contributed by atoms with Gasteiger partial charge >= 0.3 is 0 Å². The van der Waals surface area contributed by atoms with E-state index in [9.17, 15) is 8.76 Å². The van der Waals surface area contributed by atoms with E-state index in [1.807, 2.05) is 18.2 Å². The summed E-state index contributed by atoms with van der Waals surface area (Å²) in [7, 11) is 0. The van der Waals surface area contributed by atoms with Gasteiger partial charge in [0.25, 0.3) is 0 Å². The van der Waals surface area contributed by atoms with E-state index in [0.29, 0.717) is 11.5 Å². The fourth-order valence-corrected chi connectivity index (χ4v) is 3.26. The van der Waals surface area contributed by atoms with Crippen molar-refractivity contribution in [2.45, 2.75) is 24.2 Å². The van der Waals surface area contributed by atoms with Gasteiger partial charge in [-0.2, -0.15) is 0 Å². The maximum absolute atomic E-state index is 10.9. The van der Waals surface area contributed by atoms with E-state index in [1.165, 1.54) is 23.3 Å². The Hall–Kier alpha value is -2.69. The molecule has 0 heterocycles. The lowest BCUT2D eigenvalue weighted by Crippen LogP contribution is -2.18. The van der Waals surface area contributed by atoms with Crippen LogP contribution in [0.1, 0.15) is 30.5 Å². The Balaban J connectivity index is 1.77. The van der Waals surface area contributed by atoms with Crippen LogP contribution >= 0.6 is 0 Å². The standard InChI is InChI=1S/C23H22O3S/c1-4-17-5-7-18(8-6-17)23(2,3)19-9-11-20(12-10-19)26-21-13-15-22(16-14-21)27(24)25/h4-16H,1H2,2-3H3,(H,24,25)/p-1. The highest BCUT2D eigenvalue weighted by atomic mass is 32.2. The molecule has 138 valence electrons. The minimum absolute atomic E-state index is 0.141. The zero-order valence-electron chi connectivity index (χ0n) is 15.3. The molecule has 1 atom stereocenters. The quantitative estimate of drug-likeness (QED) is 0.519. The molecule has 3 rings (SSSR count). The summed E-state index contributed by atoms with van der Waals surface area (Å²) < 4.78 is 27.6. The molecule has 0 amide bonds. The average molecular weight is 377 g/mol. The van der Waals surface area contributed by atoms with Crippen LogP contribution in [-0.2, 0) is 16.5 Å². The van der Waals surface area contributed by atoms with Gasteiger partial charge in [0.15, 0.2) is 0 Å². The molecule has 0 aromatic heterocycles. The summed E-state index contributed by atoms with van der Waals surface area (Å²) in [6.07, 6.45) is 1.84. The molecule has 4 heteroatoms. The first-order valence-corrected chi connectivity index (χ1v) is 9.68. The first-order valence-electron chi connectivity index (χ1n) is 8.61. The number of hydrogen-bond donors (Lipinski definition) is 0. The van der Waals surface area contributed by atoms with Crippen molar-refractivity contribution in [2.24, 2.45) is 0 Å². The molecular weight excluding hydrogens is 356 g/mol. The number of hydrogen-bond acceptors (Lipinski definition) is 3. The summed E-state index contributed by atoms with van der Waals surface area (Å²) in [6, 6.07) is 22.7. The maximum atomic E-state index is 10.9. The molecule has 0 bridgehead atoms. The summed E-state index contributed by atoms with van der Waals surface area (Å²) >= 11 is -2.23. The van der Waals surface area contributed by atoms with Crippen molar-refractivity contribution in [3.8, 4) is 11.5 Å². The highest BCUT2D eigenvalue weighted by molar-refractivity contribution is 7.79. The average Bonchev–Trinajstić information content (AvgIpc) is 2.69. The van der Waals surface area contributed by atoms with Gasteiger partial charge in [0.2, 0.25) is 0 Å². The van der Waals surface area contributed by atoms with E-state index in [4.69, 9.17) is 4.74 Å². The molecule has 0 aliphatic heterocycles. The highest BCUT2D eigenvalue weighted by Crippen LogP contribution is 2.33. The molecule has 3 nitrogen and oxygen atoms in total. The van der Waals surface area contributed by atoms with E-state index in [0.717, 1.165) is 5.56 Å². The van der Waals surface area contributed by atoms with E-state index in [2.05, 4.69) is 56.8 Å². The third-order valence-corrected chi connectivity index (χ3v) is 5.35. The van der Waals surface area contributed by atoms with Crippen molar-refractivity contribution < 1.29 is 13.5 Å². The first kappa shape index (κ1) is 19.1. The Morgan fingerprint density at radius 2 is 1.30 bits per heavy atom. The Labute approximate surface area is 162 Å². The zero-order chi connectivity index (χ0) is 19.4. The smallest absolute Gasteiger partial charge is 0.127 e. The molecule has 3 aromatic carbocycles. The fraction of sp³-hybridized carbons (Fsp3) is 0.130. The Kier molecular flexibility index (Phi) is 5.59. The molecule has 1 unspecified atom stereocenters. The molecule has 0 spiro atoms. The lowest BCUT2D eigenvalue weighted by molar-refractivity contribution is 0.481. The second-order valence-electron chi connectivity index (χ2n) is 6.78. The Bertz CT molecular complexity index is 940. The monoisotopic (exact) mass is 377 g/mol. The van der Waals surface area contributed by atoms with Gasteiger partial charge in [-0.15, -0.1) is 0 Å². The van der Waals surface area contributed by atoms with Crippen molar-refractivity contribution in [3.05, 3.63) is 96.1 Å². The largest absolute Gasteiger partial charge is 0.768 e. The van der Waals surface area contributed by atoms with Gasteiger partial charge in [-0.1, -0.05) is 62.9 Å². The van der Waals surface area contributed by atoms with E-state index < -0.39 is 11.1 Å². The van der Waals surface area contributed by atoms with Crippen molar-refractivity contribution >= 4 is 17.2 Å². The predicted octanol–water partition coefficient (Wildman–Crippen LogP) is 5.69. The molecule has 0 aliphatic rings. The van der Waals surface area contributed by atoms with Gasteiger partial charge in [-0.25, -0.2) is 0 Å². The maximum Gasteiger partial charge on any atom is 0.127 e. The van der Waals surface area contributed by atoms with Crippen LogP contribution in [0.25, 0.3) is 6.08 Å². The number of benzene rings is 3. The second-order valence-corrected chi connectivity index (χ2v) is 7.72. The SMILES string of the molecule is C=Cc1ccc(C(C)(C)c2ccc(Oc3ccc(S(=O)[O-])cc3)cc2)cc1. The molecule has 0 saturated heterocycles. The Morgan fingerprint density at radius 1 is 0.852 bits per heavy atom. The minimum atomic E-state index is -2.23. The predicted molar refractivity (Wildman–Crippen MR) is 109 cm³/mol. The summed E-state index contributed by atoms with van der Waals surface area (Å²) in [5.41, 5.74) is 3.37. The fourth-order valence-electron chi connectivity index (χ4n) is 2.90. The second kappa shape index (κ2) is 7.91. The van der Waals surface area contributed by atoms with Gasteiger partial charge in [0.1, 0.15) is 11.5 Å². The molecular formula is C23H21O3S-. The topological polar surface area (TPSA) is 49.4 Å². The van der Waals surface area contributed by atoms with Crippen LogP contribution in [0.2, 0.25) is 0 Å². The molecule has 0 saturated carbocycles. The highest BCUT2D eigenvalue weighted by Gasteiger charge is 2.22. The van der Waals surface area contributed by atoms with E-state index in [1.54, 1.807) is 12.1 Å². The summed E-state index contributed by atoms with van der Waals surface area (Å²) in [5.74, 6) is 1.30. The van der Waals surface area contributed by atoms with Crippen LogP contribution < -0.4 is 4.74 Å². The van der Waals surface area contributed by atoms with Crippen LogP contribution in [0, 0.1) is 0 Å². The van der Waals surface area contributed by atoms with Crippen molar-refractivity contribution in [1.29, 1.82) is 0 Å². The first-order chi connectivity index (χ1) is 12.9. The molecule has 0 fully saturated rings. The van der Waals surface area contributed by atoms with Gasteiger partial charge in [0.05, 0.1) is 0 Å². The van der Waals surface area contributed by atoms with Crippen molar-refractivity contribution in [2.75, 3.05) is 0 Å². The molecule has 0 aliphatic carbocycles. The summed E-state index contributed by atoms with van der Waals surface area (Å²) in [5, 5.41) is 0. The van der Waals surface area contributed by atoms with Crippen molar-refractivity contribution in [3.63, 3.8) is 0 Å². The summed E-state index contributed by atoms with van der Waals surface area (Å²) in [4.78, 5) is 0.238. The molecule has 0 N–H and O–H groups in total. The lowest BCUT2D eigenvalue weighted by atomic mass is 9.78. The van der Waals surface area contributed by atoms with Crippen LogP contribution in [0.3, 0.4) is 0 Å². The minimum Gasteiger partial charge on any atom is -0.768 e. The summed E-state index contributed by atoms with van der Waals surface area (Å²) in [6.45, 7) is 8.17. The normalized spacial score (nSPS) is 12.4. The van der Waals surface area contributed by atoms with Crippen LogP contribution in [0.4, 0.5) is 0 Å². The van der Waals surface area contributed by atoms with Crippen LogP contribution in [-0.4, -0.2) is 8.76 Å². The van der Waals surface area contributed by atoms with Gasteiger partial charge in [0, 0.05) is 10.3 Å². The molecule has 27 heavy (non-hydrogen) atoms. The van der Waals surface area contributed by atoms with Crippen LogP contribution in [0.15, 0.2) is 84.3 Å². The zero-order valence-corrected chi connectivity index (χ0v) is 16.2. The van der Waals surface area contributed by atoms with Gasteiger partial charge in [-0.05, 0) is 64.2 Å². The number of ether oxygens (including phenoxy) is 1. The van der Waals surface area contributed by atoms with Crippen molar-refractivity contribution in [1.82, 2.24) is 0 Å². The molecule has 3 aromatic rings. The van der Waals surface area contributed by atoms with Crippen LogP contribution in [0.5, 0.6) is 11.5 Å². The van der Waals surface area contributed by atoms with Gasteiger partial charge < -0.3 is 9.29 Å². The lowest BCUT2D eigenvalue weighted by Gasteiger charge is -2.26. The third kappa shape index (κ3) is 4.35. The number of rotatable bonds is 6. The van der Waals surface area contributed by atoms with E-state index >= 15 is 0 Å². The third-order valence-electron chi connectivity index (χ3n) is 4.70. The Morgan fingerprint density at radius 3 is 1.74 bits per heavy atom. The molecule has 0 radical (unpaired) electrons. The van der Waals surface area contributed by atoms with Gasteiger partial charge in [-0.3, -0.25) is 4.21 Å².